The highest BCUT2D eigenvalue weighted by molar-refractivity contribution is 8.01. The van der Waals surface area contributed by atoms with Crippen molar-refractivity contribution in [3.05, 3.63) is 33.8 Å². The van der Waals surface area contributed by atoms with E-state index in [0.717, 1.165) is 49.6 Å². The van der Waals surface area contributed by atoms with Gasteiger partial charge in [0.25, 0.3) is 0 Å². The van der Waals surface area contributed by atoms with Crippen LogP contribution in [0.15, 0.2) is 18.2 Å². The van der Waals surface area contributed by atoms with Crippen LogP contribution in [0, 0.1) is 5.92 Å². The molecule has 176 valence electrons. The van der Waals surface area contributed by atoms with Crippen LogP contribution in [0.4, 0.5) is 0 Å². The Kier molecular flexibility index (Phi) is 8.30. The van der Waals surface area contributed by atoms with Crippen LogP contribution < -0.4 is 10.6 Å². The Morgan fingerprint density at radius 1 is 1.19 bits per heavy atom. The zero-order chi connectivity index (χ0) is 22.6. The van der Waals surface area contributed by atoms with E-state index in [9.17, 15) is 9.59 Å². The van der Waals surface area contributed by atoms with E-state index < -0.39 is 0 Å². The lowest BCUT2D eigenvalue weighted by molar-refractivity contribution is -0.133. The minimum Gasteiger partial charge on any atom is -0.354 e. The summed E-state index contributed by atoms with van der Waals surface area (Å²) < 4.78 is 0. The zero-order valence-corrected chi connectivity index (χ0v) is 20.8. The van der Waals surface area contributed by atoms with Gasteiger partial charge in [0.1, 0.15) is 0 Å². The third-order valence-corrected chi connectivity index (χ3v) is 9.32. The molecule has 3 aliphatic rings. The van der Waals surface area contributed by atoms with Crippen molar-refractivity contribution in [2.24, 2.45) is 5.92 Å². The number of thioether (sulfide) groups is 1. The number of carbonyl (C=O) groups is 2. The van der Waals surface area contributed by atoms with Gasteiger partial charge in [-0.15, -0.1) is 11.8 Å². The SMILES string of the molecule is O=C(NCCc1ccc(Cl)cc1Cl)C1CSC2(CCN(C(=O)CCC3CCCC3)CC2)N1. The molecule has 1 spiro atoms. The average Bonchev–Trinajstić information content (AvgIpc) is 3.45. The lowest BCUT2D eigenvalue weighted by Crippen LogP contribution is -2.54. The molecule has 0 radical (unpaired) electrons. The van der Waals surface area contributed by atoms with E-state index in [1.165, 1.54) is 25.7 Å². The molecule has 2 saturated heterocycles. The van der Waals surface area contributed by atoms with E-state index in [-0.39, 0.29) is 16.8 Å². The summed E-state index contributed by atoms with van der Waals surface area (Å²) in [5.41, 5.74) is 0.978. The van der Waals surface area contributed by atoms with Gasteiger partial charge in [-0.1, -0.05) is 55.0 Å². The summed E-state index contributed by atoms with van der Waals surface area (Å²) in [6, 6.07) is 5.25. The molecular weight excluding hydrogens is 465 g/mol. The maximum atomic E-state index is 12.7. The molecule has 2 N–H and O–H groups in total. The summed E-state index contributed by atoms with van der Waals surface area (Å²) in [7, 11) is 0. The van der Waals surface area contributed by atoms with Gasteiger partial charge < -0.3 is 10.2 Å². The molecule has 1 unspecified atom stereocenters. The maximum Gasteiger partial charge on any atom is 0.238 e. The second-order valence-corrected chi connectivity index (χ2v) is 11.6. The molecule has 3 fully saturated rings. The number of rotatable bonds is 7. The van der Waals surface area contributed by atoms with E-state index in [2.05, 4.69) is 10.6 Å². The van der Waals surface area contributed by atoms with Crippen LogP contribution in [0.2, 0.25) is 10.0 Å². The summed E-state index contributed by atoms with van der Waals surface area (Å²) in [6.07, 6.45) is 9.48. The minimum absolute atomic E-state index is 0.0366. The smallest absolute Gasteiger partial charge is 0.238 e. The standard InChI is InChI=1S/C24H33Cl2N3O2S/c25-19-7-6-18(20(26)15-19)9-12-27-23(31)21-16-32-24(28-21)10-13-29(14-11-24)22(30)8-5-17-3-1-2-4-17/h6-7,15,17,21,28H,1-5,8-14,16H2,(H,27,31). The molecule has 1 aromatic carbocycles. The summed E-state index contributed by atoms with van der Waals surface area (Å²) in [5, 5.41) is 7.86. The number of halogens is 2. The highest BCUT2D eigenvalue weighted by Crippen LogP contribution is 2.39. The number of nitrogens with one attached hydrogen (secondary N) is 2. The van der Waals surface area contributed by atoms with Crippen LogP contribution in [0.1, 0.15) is 56.9 Å². The zero-order valence-electron chi connectivity index (χ0n) is 18.5. The molecule has 0 bridgehead atoms. The van der Waals surface area contributed by atoms with Gasteiger partial charge in [0.05, 0.1) is 10.9 Å². The van der Waals surface area contributed by atoms with Crippen LogP contribution in [0.5, 0.6) is 0 Å². The molecule has 0 aromatic heterocycles. The van der Waals surface area contributed by atoms with Crippen molar-refractivity contribution in [2.45, 2.75) is 68.7 Å². The molecule has 1 saturated carbocycles. The third kappa shape index (κ3) is 6.13. The predicted octanol–water partition coefficient (Wildman–Crippen LogP) is 4.65. The molecule has 1 aromatic rings. The summed E-state index contributed by atoms with van der Waals surface area (Å²) in [6.45, 7) is 2.11. The first-order valence-electron chi connectivity index (χ1n) is 11.9. The molecule has 2 amide bonds. The molecule has 8 heteroatoms. The number of hydrogen-bond donors (Lipinski definition) is 2. The van der Waals surface area contributed by atoms with Crippen molar-refractivity contribution < 1.29 is 9.59 Å². The van der Waals surface area contributed by atoms with Crippen molar-refractivity contribution in [3.63, 3.8) is 0 Å². The Balaban J connectivity index is 1.17. The second kappa shape index (κ2) is 11.0. The van der Waals surface area contributed by atoms with E-state index in [4.69, 9.17) is 23.2 Å². The summed E-state index contributed by atoms with van der Waals surface area (Å²) in [4.78, 5) is 27.3. The first kappa shape index (κ1) is 24.2. The molecular formula is C24H33Cl2N3O2S. The molecule has 2 heterocycles. The number of likely N-dealkylation sites (tertiary alicyclic amines) is 1. The van der Waals surface area contributed by atoms with Crippen LogP contribution in [0.25, 0.3) is 0 Å². The fraction of sp³-hybridized carbons (Fsp3) is 0.667. The molecule has 2 aliphatic heterocycles. The topological polar surface area (TPSA) is 61.4 Å². The van der Waals surface area contributed by atoms with Gasteiger partial charge in [0, 0.05) is 41.9 Å². The fourth-order valence-corrected chi connectivity index (χ4v) is 7.06. The number of carbonyl (C=O) groups excluding carboxylic acids is 2. The van der Waals surface area contributed by atoms with E-state index in [0.29, 0.717) is 35.3 Å². The summed E-state index contributed by atoms with van der Waals surface area (Å²) in [5.74, 6) is 1.87. The lowest BCUT2D eigenvalue weighted by atomic mass is 9.99. The van der Waals surface area contributed by atoms with Gasteiger partial charge in [0.15, 0.2) is 0 Å². The molecule has 1 atom stereocenters. The number of nitrogens with zero attached hydrogens (tertiary/aromatic N) is 1. The van der Waals surface area contributed by atoms with E-state index in [1.54, 1.807) is 6.07 Å². The third-order valence-electron chi connectivity index (χ3n) is 7.15. The average molecular weight is 499 g/mol. The normalized spacial score (nSPS) is 23.1. The van der Waals surface area contributed by atoms with Crippen molar-refractivity contribution in [3.8, 4) is 0 Å². The van der Waals surface area contributed by atoms with Gasteiger partial charge in [-0.3, -0.25) is 14.9 Å². The maximum absolute atomic E-state index is 12.7. The highest BCUT2D eigenvalue weighted by Gasteiger charge is 2.44. The van der Waals surface area contributed by atoms with Crippen molar-refractivity contribution in [2.75, 3.05) is 25.4 Å². The van der Waals surface area contributed by atoms with Crippen molar-refractivity contribution in [1.29, 1.82) is 0 Å². The Morgan fingerprint density at radius 3 is 2.66 bits per heavy atom. The van der Waals surface area contributed by atoms with Crippen molar-refractivity contribution in [1.82, 2.24) is 15.5 Å². The number of hydrogen-bond acceptors (Lipinski definition) is 4. The first-order valence-corrected chi connectivity index (χ1v) is 13.6. The Hall–Kier alpha value is -0.950. The summed E-state index contributed by atoms with van der Waals surface area (Å²) >= 11 is 14.0. The van der Waals surface area contributed by atoms with Gasteiger partial charge in [0.2, 0.25) is 11.8 Å². The molecule has 32 heavy (non-hydrogen) atoms. The molecule has 1 aliphatic carbocycles. The first-order chi connectivity index (χ1) is 15.4. The van der Waals surface area contributed by atoms with Crippen LogP contribution in [0.3, 0.4) is 0 Å². The van der Waals surface area contributed by atoms with Gasteiger partial charge in [-0.2, -0.15) is 0 Å². The van der Waals surface area contributed by atoms with Crippen LogP contribution in [-0.4, -0.2) is 53.0 Å². The van der Waals surface area contributed by atoms with Gasteiger partial charge in [-0.05, 0) is 49.3 Å². The van der Waals surface area contributed by atoms with Crippen molar-refractivity contribution >= 4 is 46.8 Å². The number of piperidine rings is 1. The molecule has 4 rings (SSSR count). The monoisotopic (exact) mass is 497 g/mol. The Morgan fingerprint density at radius 2 is 1.94 bits per heavy atom. The van der Waals surface area contributed by atoms with Crippen LogP contribution in [-0.2, 0) is 16.0 Å². The Bertz CT molecular complexity index is 823. The minimum atomic E-state index is -0.190. The van der Waals surface area contributed by atoms with Crippen LogP contribution >= 0.6 is 35.0 Å². The largest absolute Gasteiger partial charge is 0.354 e. The quantitative estimate of drug-likeness (QED) is 0.575. The molecule has 5 nitrogen and oxygen atoms in total. The Labute approximate surface area is 205 Å². The number of benzene rings is 1. The fourth-order valence-electron chi connectivity index (χ4n) is 5.14. The highest BCUT2D eigenvalue weighted by atomic mass is 35.5. The van der Waals surface area contributed by atoms with E-state index >= 15 is 0 Å². The number of amides is 2. The lowest BCUT2D eigenvalue weighted by Gasteiger charge is -2.39. The second-order valence-electron chi connectivity index (χ2n) is 9.35. The van der Waals surface area contributed by atoms with Gasteiger partial charge >= 0.3 is 0 Å². The van der Waals surface area contributed by atoms with E-state index in [1.807, 2.05) is 28.8 Å². The van der Waals surface area contributed by atoms with Gasteiger partial charge in [-0.25, -0.2) is 0 Å². The predicted molar refractivity (Wildman–Crippen MR) is 132 cm³/mol.